The predicted molar refractivity (Wildman–Crippen MR) is 85.6 cm³/mol. The Morgan fingerprint density at radius 3 is 2.55 bits per heavy atom. The third kappa shape index (κ3) is 3.89. The van der Waals surface area contributed by atoms with Crippen LogP contribution in [0.5, 0.6) is 0 Å². The third-order valence-corrected chi connectivity index (χ3v) is 3.84. The van der Waals surface area contributed by atoms with Crippen LogP contribution in [0.4, 0.5) is 5.69 Å². The van der Waals surface area contributed by atoms with Crippen molar-refractivity contribution in [3.05, 3.63) is 63.6 Å². The smallest absolute Gasteiger partial charge is 0.0736 e. The monoisotopic (exact) mass is 309 g/mol. The molecule has 0 spiro atoms. The van der Waals surface area contributed by atoms with Crippen molar-refractivity contribution >= 4 is 28.9 Å². The van der Waals surface area contributed by atoms with Gasteiger partial charge in [-0.1, -0.05) is 53.5 Å². The van der Waals surface area contributed by atoms with Gasteiger partial charge < -0.3 is 10.1 Å². The van der Waals surface area contributed by atoms with Crippen molar-refractivity contribution in [3.63, 3.8) is 0 Å². The molecule has 2 aromatic carbocycles. The molecule has 0 fully saturated rings. The van der Waals surface area contributed by atoms with Gasteiger partial charge in [-0.05, 0) is 24.6 Å². The molecule has 0 saturated carbocycles. The van der Waals surface area contributed by atoms with E-state index in [0.29, 0.717) is 29.8 Å². The number of nitrogens with one attached hydrogen (secondary N) is 1. The highest BCUT2D eigenvalue weighted by Crippen LogP contribution is 2.26. The third-order valence-electron chi connectivity index (χ3n) is 2.98. The number of para-hydroxylation sites is 1. The molecule has 0 amide bonds. The van der Waals surface area contributed by atoms with Crippen molar-refractivity contribution in [1.82, 2.24) is 0 Å². The first-order valence-electron chi connectivity index (χ1n) is 6.54. The Hall–Kier alpha value is -1.22. The first-order chi connectivity index (χ1) is 9.72. The van der Waals surface area contributed by atoms with E-state index in [4.69, 9.17) is 27.9 Å². The molecule has 0 saturated heterocycles. The summed E-state index contributed by atoms with van der Waals surface area (Å²) in [5.41, 5.74) is 3.16. The maximum atomic E-state index is 6.19. The SMILES string of the molecule is CCOCc1ccccc1NCc1cccc(Cl)c1Cl. The average Bonchev–Trinajstić information content (AvgIpc) is 2.47. The van der Waals surface area contributed by atoms with E-state index in [9.17, 15) is 0 Å². The van der Waals surface area contributed by atoms with Gasteiger partial charge in [-0.3, -0.25) is 0 Å². The summed E-state index contributed by atoms with van der Waals surface area (Å²) in [6.45, 7) is 3.92. The minimum absolute atomic E-state index is 0.577. The van der Waals surface area contributed by atoms with Gasteiger partial charge in [0.2, 0.25) is 0 Å². The fourth-order valence-electron chi connectivity index (χ4n) is 1.91. The standard InChI is InChI=1S/C16H17Cl2NO/c1-2-20-11-13-6-3-4-9-15(13)19-10-12-7-5-8-14(17)16(12)18/h3-9,19H,2,10-11H2,1H3. The molecule has 2 nitrogen and oxygen atoms in total. The lowest BCUT2D eigenvalue weighted by Crippen LogP contribution is -2.04. The number of halogens is 2. The lowest BCUT2D eigenvalue weighted by Gasteiger charge is -2.13. The topological polar surface area (TPSA) is 21.3 Å². The molecule has 0 aliphatic carbocycles. The van der Waals surface area contributed by atoms with Gasteiger partial charge in [-0.15, -0.1) is 0 Å². The van der Waals surface area contributed by atoms with E-state index >= 15 is 0 Å². The van der Waals surface area contributed by atoms with Gasteiger partial charge in [-0.2, -0.15) is 0 Å². The maximum Gasteiger partial charge on any atom is 0.0736 e. The first kappa shape index (κ1) is 15.2. The summed E-state index contributed by atoms with van der Waals surface area (Å²) in [5.74, 6) is 0. The molecule has 0 heterocycles. The van der Waals surface area contributed by atoms with Crippen molar-refractivity contribution in [2.75, 3.05) is 11.9 Å². The van der Waals surface area contributed by atoms with E-state index < -0.39 is 0 Å². The Balaban J connectivity index is 2.09. The van der Waals surface area contributed by atoms with E-state index in [1.165, 1.54) is 0 Å². The Kier molecular flexibility index (Phi) is 5.72. The summed E-state index contributed by atoms with van der Waals surface area (Å²) in [7, 11) is 0. The minimum atomic E-state index is 0.577. The lowest BCUT2D eigenvalue weighted by molar-refractivity contribution is 0.134. The van der Waals surface area contributed by atoms with Crippen LogP contribution < -0.4 is 5.32 Å². The Morgan fingerprint density at radius 2 is 1.75 bits per heavy atom. The normalized spacial score (nSPS) is 10.6. The van der Waals surface area contributed by atoms with Gasteiger partial charge in [0.25, 0.3) is 0 Å². The van der Waals surface area contributed by atoms with Gasteiger partial charge >= 0.3 is 0 Å². The molecule has 1 N–H and O–H groups in total. The van der Waals surface area contributed by atoms with Crippen LogP contribution in [0.15, 0.2) is 42.5 Å². The quantitative estimate of drug-likeness (QED) is 0.797. The molecule has 4 heteroatoms. The second kappa shape index (κ2) is 7.53. The van der Waals surface area contributed by atoms with Crippen LogP contribution in [0, 0.1) is 0 Å². The molecule has 2 rings (SSSR count). The summed E-state index contributed by atoms with van der Waals surface area (Å²) in [5, 5.41) is 4.56. The van der Waals surface area contributed by atoms with Crippen molar-refractivity contribution in [2.24, 2.45) is 0 Å². The number of hydrogen-bond donors (Lipinski definition) is 1. The Bertz CT molecular complexity index is 572. The molecule has 0 unspecified atom stereocenters. The molecule has 0 aromatic heterocycles. The van der Waals surface area contributed by atoms with Crippen molar-refractivity contribution in [3.8, 4) is 0 Å². The van der Waals surface area contributed by atoms with Crippen molar-refractivity contribution in [2.45, 2.75) is 20.1 Å². The van der Waals surface area contributed by atoms with Crippen LogP contribution in [-0.2, 0) is 17.9 Å². The zero-order valence-corrected chi connectivity index (χ0v) is 12.8. The molecule has 2 aromatic rings. The highest BCUT2D eigenvalue weighted by atomic mass is 35.5. The molecule has 0 atom stereocenters. The number of ether oxygens (including phenoxy) is 1. The molecule has 106 valence electrons. The van der Waals surface area contributed by atoms with Crippen LogP contribution in [0.1, 0.15) is 18.1 Å². The maximum absolute atomic E-state index is 6.19. The zero-order chi connectivity index (χ0) is 14.4. The van der Waals surface area contributed by atoms with Gasteiger partial charge in [0, 0.05) is 24.4 Å². The predicted octanol–water partition coefficient (Wildman–Crippen LogP) is 5.14. The molecule has 20 heavy (non-hydrogen) atoms. The molecule has 0 radical (unpaired) electrons. The summed E-state index contributed by atoms with van der Waals surface area (Å²) >= 11 is 12.2. The van der Waals surface area contributed by atoms with Gasteiger partial charge in [0.1, 0.15) is 0 Å². The summed E-state index contributed by atoms with van der Waals surface area (Å²) in [6, 6.07) is 13.7. The van der Waals surface area contributed by atoms with E-state index in [1.54, 1.807) is 6.07 Å². The average molecular weight is 310 g/mol. The molecule has 0 aliphatic heterocycles. The highest BCUT2D eigenvalue weighted by molar-refractivity contribution is 6.42. The summed E-state index contributed by atoms with van der Waals surface area (Å²) < 4.78 is 5.47. The molecular weight excluding hydrogens is 293 g/mol. The Morgan fingerprint density at radius 1 is 1.00 bits per heavy atom. The van der Waals surface area contributed by atoms with E-state index in [0.717, 1.165) is 16.8 Å². The fraction of sp³-hybridized carbons (Fsp3) is 0.250. The van der Waals surface area contributed by atoms with Gasteiger partial charge in [0.15, 0.2) is 0 Å². The summed E-state index contributed by atoms with van der Waals surface area (Å²) in [6.07, 6.45) is 0. The van der Waals surface area contributed by atoms with Crippen LogP contribution in [0.2, 0.25) is 10.0 Å². The van der Waals surface area contributed by atoms with Crippen LogP contribution >= 0.6 is 23.2 Å². The largest absolute Gasteiger partial charge is 0.381 e. The van der Waals surface area contributed by atoms with Crippen molar-refractivity contribution < 1.29 is 4.74 Å². The number of benzene rings is 2. The van der Waals surface area contributed by atoms with Crippen molar-refractivity contribution in [1.29, 1.82) is 0 Å². The second-order valence-electron chi connectivity index (χ2n) is 4.36. The number of rotatable bonds is 6. The van der Waals surface area contributed by atoms with E-state index in [2.05, 4.69) is 11.4 Å². The number of hydrogen-bond acceptors (Lipinski definition) is 2. The van der Waals surface area contributed by atoms with Gasteiger partial charge in [0.05, 0.1) is 16.7 Å². The highest BCUT2D eigenvalue weighted by Gasteiger charge is 2.06. The van der Waals surface area contributed by atoms with Crippen LogP contribution in [-0.4, -0.2) is 6.61 Å². The summed E-state index contributed by atoms with van der Waals surface area (Å²) in [4.78, 5) is 0. The lowest BCUT2D eigenvalue weighted by atomic mass is 10.1. The first-order valence-corrected chi connectivity index (χ1v) is 7.30. The number of anilines is 1. The zero-order valence-electron chi connectivity index (χ0n) is 11.3. The molecular formula is C16H17Cl2NO. The second-order valence-corrected chi connectivity index (χ2v) is 5.15. The van der Waals surface area contributed by atoms with Gasteiger partial charge in [-0.25, -0.2) is 0 Å². The Labute approximate surface area is 129 Å². The molecule has 0 bridgehead atoms. The van der Waals surface area contributed by atoms with E-state index in [-0.39, 0.29) is 0 Å². The van der Waals surface area contributed by atoms with Crippen LogP contribution in [0.3, 0.4) is 0 Å². The minimum Gasteiger partial charge on any atom is -0.381 e. The van der Waals surface area contributed by atoms with E-state index in [1.807, 2.05) is 37.3 Å². The fourth-order valence-corrected chi connectivity index (χ4v) is 2.29. The molecule has 0 aliphatic rings. The van der Waals surface area contributed by atoms with Crippen LogP contribution in [0.25, 0.3) is 0 Å².